The SMILES string of the molecule is Nc1ccc([N+](=O)[O-])c(C(=O)Nc2ccc(Cl)c(F)c2)c1. The fraction of sp³-hybridized carbons (Fsp3) is 0. The Balaban J connectivity index is 2.34. The number of nitro benzene ring substituents is 1. The van der Waals surface area contributed by atoms with Gasteiger partial charge in [0.05, 0.1) is 9.95 Å². The molecule has 2 aromatic carbocycles. The lowest BCUT2D eigenvalue weighted by atomic mass is 10.1. The van der Waals surface area contributed by atoms with Crippen LogP contribution in [0, 0.1) is 15.9 Å². The number of benzene rings is 2. The maximum Gasteiger partial charge on any atom is 0.282 e. The minimum atomic E-state index is -0.768. The monoisotopic (exact) mass is 309 g/mol. The highest BCUT2D eigenvalue weighted by Gasteiger charge is 2.20. The molecule has 0 saturated carbocycles. The lowest BCUT2D eigenvalue weighted by Crippen LogP contribution is -2.14. The Hall–Kier alpha value is -2.67. The van der Waals surface area contributed by atoms with Gasteiger partial charge in [-0.2, -0.15) is 0 Å². The topological polar surface area (TPSA) is 98.3 Å². The number of carbonyl (C=O) groups is 1. The molecule has 108 valence electrons. The Morgan fingerprint density at radius 1 is 1.29 bits per heavy atom. The number of nitrogens with zero attached hydrogens (tertiary/aromatic N) is 1. The molecule has 0 unspecified atom stereocenters. The number of rotatable bonds is 3. The minimum Gasteiger partial charge on any atom is -0.399 e. The van der Waals surface area contributed by atoms with E-state index in [-0.39, 0.29) is 22.0 Å². The molecule has 0 spiro atoms. The van der Waals surface area contributed by atoms with E-state index in [1.54, 1.807) is 0 Å². The van der Waals surface area contributed by atoms with Crippen LogP contribution in [0.3, 0.4) is 0 Å². The molecule has 8 heteroatoms. The second-order valence-electron chi connectivity index (χ2n) is 4.12. The molecule has 0 heterocycles. The standard InChI is InChI=1S/C13H9ClFN3O3/c14-10-3-2-8(6-11(10)15)17-13(19)9-5-7(16)1-4-12(9)18(20)21/h1-6H,16H2,(H,17,19). The summed E-state index contributed by atoms with van der Waals surface area (Å²) in [7, 11) is 0. The van der Waals surface area contributed by atoms with Crippen LogP contribution in [-0.4, -0.2) is 10.8 Å². The molecule has 1 amide bonds. The molecular formula is C13H9ClFN3O3. The number of nitrogens with one attached hydrogen (secondary N) is 1. The van der Waals surface area contributed by atoms with Gasteiger partial charge in [0.15, 0.2) is 0 Å². The summed E-state index contributed by atoms with van der Waals surface area (Å²) in [6.07, 6.45) is 0. The number of anilines is 2. The van der Waals surface area contributed by atoms with E-state index in [2.05, 4.69) is 5.32 Å². The molecule has 0 fully saturated rings. The zero-order valence-corrected chi connectivity index (χ0v) is 11.2. The Bertz CT molecular complexity index is 737. The van der Waals surface area contributed by atoms with Crippen molar-refractivity contribution in [3.8, 4) is 0 Å². The molecule has 0 bridgehead atoms. The van der Waals surface area contributed by atoms with Gasteiger partial charge in [-0.15, -0.1) is 0 Å². The van der Waals surface area contributed by atoms with Crippen molar-refractivity contribution >= 4 is 34.6 Å². The van der Waals surface area contributed by atoms with Crippen molar-refractivity contribution in [1.29, 1.82) is 0 Å². The van der Waals surface area contributed by atoms with Crippen LogP contribution in [0.25, 0.3) is 0 Å². The number of hydrogen-bond donors (Lipinski definition) is 2. The smallest absolute Gasteiger partial charge is 0.282 e. The second kappa shape index (κ2) is 5.76. The molecule has 0 aliphatic heterocycles. The molecular weight excluding hydrogens is 301 g/mol. The van der Waals surface area contributed by atoms with Crippen LogP contribution in [0.1, 0.15) is 10.4 Å². The van der Waals surface area contributed by atoms with Crippen LogP contribution < -0.4 is 11.1 Å². The summed E-state index contributed by atoms with van der Waals surface area (Å²) in [4.78, 5) is 22.3. The maximum atomic E-state index is 13.3. The van der Waals surface area contributed by atoms with Gasteiger partial charge in [-0.3, -0.25) is 14.9 Å². The van der Waals surface area contributed by atoms with E-state index in [9.17, 15) is 19.3 Å². The number of carbonyl (C=O) groups excluding carboxylic acids is 1. The summed E-state index contributed by atoms with van der Waals surface area (Å²) in [6.45, 7) is 0. The van der Waals surface area contributed by atoms with Crippen LogP contribution in [-0.2, 0) is 0 Å². The first-order valence-electron chi connectivity index (χ1n) is 5.69. The molecule has 3 N–H and O–H groups in total. The third-order valence-electron chi connectivity index (χ3n) is 2.64. The summed E-state index contributed by atoms with van der Waals surface area (Å²) in [6, 6.07) is 7.28. The fourth-order valence-electron chi connectivity index (χ4n) is 1.67. The summed E-state index contributed by atoms with van der Waals surface area (Å²) in [5, 5.41) is 13.2. The summed E-state index contributed by atoms with van der Waals surface area (Å²) >= 11 is 5.53. The maximum absolute atomic E-state index is 13.3. The predicted molar refractivity (Wildman–Crippen MR) is 76.9 cm³/mol. The van der Waals surface area contributed by atoms with E-state index in [1.807, 2.05) is 0 Å². The van der Waals surface area contributed by atoms with Crippen LogP contribution in [0.2, 0.25) is 5.02 Å². The Morgan fingerprint density at radius 2 is 2.00 bits per heavy atom. The summed E-state index contributed by atoms with van der Waals surface area (Å²) < 4.78 is 13.3. The van der Waals surface area contributed by atoms with E-state index in [0.717, 1.165) is 12.1 Å². The van der Waals surface area contributed by atoms with Crippen LogP contribution >= 0.6 is 11.6 Å². The average Bonchev–Trinajstić information content (AvgIpc) is 2.42. The third-order valence-corrected chi connectivity index (χ3v) is 2.95. The van der Waals surface area contributed by atoms with Crippen molar-refractivity contribution in [3.63, 3.8) is 0 Å². The third kappa shape index (κ3) is 3.26. The van der Waals surface area contributed by atoms with Crippen molar-refractivity contribution in [3.05, 3.63) is 62.9 Å². The normalized spacial score (nSPS) is 10.2. The van der Waals surface area contributed by atoms with Crippen LogP contribution in [0.5, 0.6) is 0 Å². The number of halogens is 2. The van der Waals surface area contributed by atoms with Gasteiger partial charge < -0.3 is 11.1 Å². The van der Waals surface area contributed by atoms with Crippen molar-refractivity contribution in [2.75, 3.05) is 11.1 Å². The first kappa shape index (κ1) is 14.7. The highest BCUT2D eigenvalue weighted by molar-refractivity contribution is 6.30. The molecule has 21 heavy (non-hydrogen) atoms. The van der Waals surface area contributed by atoms with Crippen LogP contribution in [0.15, 0.2) is 36.4 Å². The van der Waals surface area contributed by atoms with Gasteiger partial charge in [0.25, 0.3) is 11.6 Å². The molecule has 0 atom stereocenters. The molecule has 2 aromatic rings. The van der Waals surface area contributed by atoms with Crippen molar-refractivity contribution in [2.45, 2.75) is 0 Å². The van der Waals surface area contributed by atoms with Gasteiger partial charge >= 0.3 is 0 Å². The van der Waals surface area contributed by atoms with Gasteiger partial charge in [-0.25, -0.2) is 4.39 Å². The van der Waals surface area contributed by atoms with E-state index >= 15 is 0 Å². The Morgan fingerprint density at radius 3 is 2.62 bits per heavy atom. The highest BCUT2D eigenvalue weighted by atomic mass is 35.5. The number of nitro groups is 1. The zero-order valence-electron chi connectivity index (χ0n) is 10.5. The molecule has 0 radical (unpaired) electrons. The van der Waals surface area contributed by atoms with E-state index in [1.165, 1.54) is 24.3 Å². The summed E-state index contributed by atoms with van der Waals surface area (Å²) in [5.74, 6) is -1.48. The van der Waals surface area contributed by atoms with Gasteiger partial charge in [0.1, 0.15) is 11.4 Å². The largest absolute Gasteiger partial charge is 0.399 e. The van der Waals surface area contributed by atoms with Crippen LogP contribution in [0.4, 0.5) is 21.5 Å². The second-order valence-corrected chi connectivity index (χ2v) is 4.52. The number of nitrogens with two attached hydrogens (primary N) is 1. The van der Waals surface area contributed by atoms with Crippen molar-refractivity contribution in [1.82, 2.24) is 0 Å². The molecule has 0 aliphatic rings. The van der Waals surface area contributed by atoms with Crippen molar-refractivity contribution < 1.29 is 14.1 Å². The van der Waals surface area contributed by atoms with E-state index < -0.39 is 22.3 Å². The Kier molecular flexibility index (Phi) is 4.04. The van der Waals surface area contributed by atoms with E-state index in [0.29, 0.717) is 0 Å². The molecule has 0 aromatic heterocycles. The zero-order chi connectivity index (χ0) is 15.6. The molecule has 2 rings (SSSR count). The van der Waals surface area contributed by atoms with Gasteiger partial charge in [0, 0.05) is 17.4 Å². The van der Waals surface area contributed by atoms with Crippen molar-refractivity contribution in [2.24, 2.45) is 0 Å². The first-order valence-corrected chi connectivity index (χ1v) is 6.06. The number of nitrogen functional groups attached to an aromatic ring is 1. The molecule has 0 aliphatic carbocycles. The lowest BCUT2D eigenvalue weighted by molar-refractivity contribution is -0.385. The van der Waals surface area contributed by atoms with Gasteiger partial charge in [-0.05, 0) is 30.3 Å². The quantitative estimate of drug-likeness (QED) is 0.516. The van der Waals surface area contributed by atoms with Gasteiger partial charge in [-0.1, -0.05) is 11.6 Å². The number of hydrogen-bond acceptors (Lipinski definition) is 4. The predicted octanol–water partition coefficient (Wildman–Crippen LogP) is 3.22. The fourth-order valence-corrected chi connectivity index (χ4v) is 1.78. The highest BCUT2D eigenvalue weighted by Crippen LogP contribution is 2.24. The lowest BCUT2D eigenvalue weighted by Gasteiger charge is -2.07. The number of amides is 1. The first-order chi connectivity index (χ1) is 9.88. The summed E-state index contributed by atoms with van der Waals surface area (Å²) in [5.41, 5.74) is 5.24. The van der Waals surface area contributed by atoms with Gasteiger partial charge in [0.2, 0.25) is 0 Å². The van der Waals surface area contributed by atoms with E-state index in [4.69, 9.17) is 17.3 Å². The average molecular weight is 310 g/mol. The molecule has 6 nitrogen and oxygen atoms in total. The minimum absolute atomic E-state index is 0.0945. The molecule has 0 saturated heterocycles. The Labute approximate surface area is 123 Å².